The topological polar surface area (TPSA) is 35.5 Å². The largest absolute Gasteiger partial charge is 0.343 e. The molecule has 4 heteroatoms. The SMILES string of the molecule is Cc1ccc(S[C@H]2CC(=O)[C@H]3OC[C@H]2O3)cc1. The smallest absolute Gasteiger partial charge is 0.218 e. The van der Waals surface area contributed by atoms with Gasteiger partial charge in [-0.25, -0.2) is 0 Å². The van der Waals surface area contributed by atoms with Gasteiger partial charge in [0.25, 0.3) is 0 Å². The summed E-state index contributed by atoms with van der Waals surface area (Å²) in [6.45, 7) is 2.61. The normalized spacial score (nSPS) is 31.8. The summed E-state index contributed by atoms with van der Waals surface area (Å²) in [6, 6.07) is 8.35. The molecule has 2 bridgehead atoms. The summed E-state index contributed by atoms with van der Waals surface area (Å²) in [7, 11) is 0. The zero-order valence-corrected chi connectivity index (χ0v) is 10.4. The molecule has 1 aromatic carbocycles. The van der Waals surface area contributed by atoms with Crippen molar-refractivity contribution in [2.24, 2.45) is 0 Å². The number of ketones is 1. The average Bonchev–Trinajstić information content (AvgIpc) is 2.75. The summed E-state index contributed by atoms with van der Waals surface area (Å²) in [6.07, 6.45) is 0.0207. The highest BCUT2D eigenvalue weighted by Crippen LogP contribution is 2.36. The lowest BCUT2D eigenvalue weighted by Crippen LogP contribution is -2.37. The molecule has 2 saturated heterocycles. The first-order valence-electron chi connectivity index (χ1n) is 5.75. The summed E-state index contributed by atoms with van der Waals surface area (Å²) in [5.74, 6) is 0.0726. The summed E-state index contributed by atoms with van der Waals surface area (Å²) < 4.78 is 10.8. The molecule has 0 radical (unpaired) electrons. The Morgan fingerprint density at radius 2 is 2.06 bits per heavy atom. The number of benzene rings is 1. The standard InChI is InChI=1S/C13H14O3S/c1-8-2-4-9(5-3-8)17-12-6-10(14)13-15-7-11(12)16-13/h2-5,11-13H,6-7H2,1H3/t11-,12+,13+/m1/s1. The van der Waals surface area contributed by atoms with E-state index in [-0.39, 0.29) is 17.1 Å². The van der Waals surface area contributed by atoms with Crippen LogP contribution in [0.4, 0.5) is 0 Å². The molecule has 2 aliphatic heterocycles. The summed E-state index contributed by atoms with van der Waals surface area (Å²) in [5.41, 5.74) is 1.24. The van der Waals surface area contributed by atoms with Gasteiger partial charge in [0.15, 0.2) is 5.78 Å². The molecule has 3 atom stereocenters. The number of aryl methyl sites for hydroxylation is 1. The average molecular weight is 250 g/mol. The Balaban J connectivity index is 1.72. The van der Waals surface area contributed by atoms with Crippen LogP contribution in [0.3, 0.4) is 0 Å². The molecule has 1 aromatic rings. The van der Waals surface area contributed by atoms with E-state index in [1.807, 2.05) is 0 Å². The van der Waals surface area contributed by atoms with Gasteiger partial charge in [-0.3, -0.25) is 4.79 Å². The van der Waals surface area contributed by atoms with Crippen molar-refractivity contribution in [2.75, 3.05) is 6.61 Å². The van der Waals surface area contributed by atoms with Crippen LogP contribution in [-0.2, 0) is 14.3 Å². The summed E-state index contributed by atoms with van der Waals surface area (Å²) >= 11 is 1.71. The molecular formula is C13H14O3S. The van der Waals surface area contributed by atoms with Crippen LogP contribution < -0.4 is 0 Å². The van der Waals surface area contributed by atoms with Crippen LogP contribution in [0.5, 0.6) is 0 Å². The van der Waals surface area contributed by atoms with Gasteiger partial charge in [-0.15, -0.1) is 11.8 Å². The van der Waals surface area contributed by atoms with Crippen molar-refractivity contribution >= 4 is 17.5 Å². The van der Waals surface area contributed by atoms with Crippen molar-refractivity contribution in [3.05, 3.63) is 29.8 Å². The Bertz CT molecular complexity index is 429. The number of hydrogen-bond acceptors (Lipinski definition) is 4. The van der Waals surface area contributed by atoms with Gasteiger partial charge in [-0.05, 0) is 19.1 Å². The molecular weight excluding hydrogens is 236 g/mol. The Labute approximate surface area is 104 Å². The first-order chi connectivity index (χ1) is 8.22. The maximum Gasteiger partial charge on any atom is 0.218 e. The van der Waals surface area contributed by atoms with E-state index in [4.69, 9.17) is 9.47 Å². The molecule has 3 nitrogen and oxygen atoms in total. The van der Waals surface area contributed by atoms with E-state index < -0.39 is 6.29 Å². The lowest BCUT2D eigenvalue weighted by atomic mass is 10.1. The maximum absolute atomic E-state index is 11.6. The predicted octanol–water partition coefficient (Wildman–Crippen LogP) is 2.17. The van der Waals surface area contributed by atoms with Gasteiger partial charge in [-0.1, -0.05) is 17.7 Å². The van der Waals surface area contributed by atoms with Crippen molar-refractivity contribution in [2.45, 2.75) is 35.9 Å². The number of rotatable bonds is 2. The molecule has 2 fully saturated rings. The zero-order valence-electron chi connectivity index (χ0n) is 9.59. The van der Waals surface area contributed by atoms with Crippen molar-refractivity contribution in [1.82, 2.24) is 0 Å². The molecule has 0 spiro atoms. The van der Waals surface area contributed by atoms with Crippen LogP contribution in [0.25, 0.3) is 0 Å². The van der Waals surface area contributed by atoms with E-state index in [0.29, 0.717) is 13.0 Å². The highest BCUT2D eigenvalue weighted by Gasteiger charge is 2.43. The van der Waals surface area contributed by atoms with E-state index in [0.717, 1.165) is 0 Å². The maximum atomic E-state index is 11.6. The second-order valence-corrected chi connectivity index (χ2v) is 5.79. The number of fused-ring (bicyclic) bond motifs is 2. The van der Waals surface area contributed by atoms with Crippen LogP contribution in [0.2, 0.25) is 0 Å². The molecule has 0 aromatic heterocycles. The highest BCUT2D eigenvalue weighted by molar-refractivity contribution is 8.00. The first kappa shape index (κ1) is 11.3. The fraction of sp³-hybridized carbons (Fsp3) is 0.462. The number of carbonyl (C=O) groups is 1. The Morgan fingerprint density at radius 3 is 2.82 bits per heavy atom. The third-order valence-corrected chi connectivity index (χ3v) is 4.42. The second kappa shape index (κ2) is 4.44. The van der Waals surface area contributed by atoms with Crippen LogP contribution in [0.15, 0.2) is 29.2 Å². The molecule has 0 amide bonds. The zero-order chi connectivity index (χ0) is 11.8. The van der Waals surface area contributed by atoms with Crippen molar-refractivity contribution < 1.29 is 14.3 Å². The third kappa shape index (κ3) is 2.25. The molecule has 2 aliphatic rings. The number of ether oxygens (including phenoxy) is 2. The highest BCUT2D eigenvalue weighted by atomic mass is 32.2. The molecule has 90 valence electrons. The Hall–Kier alpha value is -0.840. The number of hydrogen-bond donors (Lipinski definition) is 0. The van der Waals surface area contributed by atoms with Gasteiger partial charge in [0.05, 0.1) is 12.7 Å². The second-order valence-electron chi connectivity index (χ2n) is 4.48. The third-order valence-electron chi connectivity index (χ3n) is 3.10. The van der Waals surface area contributed by atoms with Crippen LogP contribution in [0, 0.1) is 6.92 Å². The van der Waals surface area contributed by atoms with Crippen molar-refractivity contribution in [3.8, 4) is 0 Å². The lowest BCUT2D eigenvalue weighted by Gasteiger charge is -2.25. The van der Waals surface area contributed by atoms with E-state index in [9.17, 15) is 4.79 Å². The Kier molecular flexibility index (Phi) is 2.94. The van der Waals surface area contributed by atoms with E-state index >= 15 is 0 Å². The van der Waals surface area contributed by atoms with Crippen molar-refractivity contribution in [1.29, 1.82) is 0 Å². The molecule has 0 saturated carbocycles. The van der Waals surface area contributed by atoms with Gasteiger partial charge >= 0.3 is 0 Å². The minimum absolute atomic E-state index is 0.0593. The minimum atomic E-state index is -0.588. The minimum Gasteiger partial charge on any atom is -0.343 e. The fourth-order valence-corrected chi connectivity index (χ4v) is 3.30. The van der Waals surface area contributed by atoms with Gasteiger partial charge in [0, 0.05) is 16.6 Å². The Morgan fingerprint density at radius 1 is 1.29 bits per heavy atom. The van der Waals surface area contributed by atoms with Crippen LogP contribution in [-0.4, -0.2) is 30.0 Å². The lowest BCUT2D eigenvalue weighted by molar-refractivity contribution is -0.151. The van der Waals surface area contributed by atoms with Crippen LogP contribution in [0.1, 0.15) is 12.0 Å². The number of carbonyl (C=O) groups excluding carboxylic acids is 1. The molecule has 17 heavy (non-hydrogen) atoms. The predicted molar refractivity (Wildman–Crippen MR) is 65.1 cm³/mol. The van der Waals surface area contributed by atoms with Gasteiger partial charge in [0.2, 0.25) is 6.29 Å². The monoisotopic (exact) mass is 250 g/mol. The quantitative estimate of drug-likeness (QED) is 0.806. The summed E-state index contributed by atoms with van der Waals surface area (Å²) in [5, 5.41) is 0.184. The summed E-state index contributed by atoms with van der Waals surface area (Å²) in [4.78, 5) is 12.8. The number of thioether (sulfide) groups is 1. The van der Waals surface area contributed by atoms with E-state index in [1.54, 1.807) is 11.8 Å². The van der Waals surface area contributed by atoms with Gasteiger partial charge < -0.3 is 9.47 Å². The molecule has 0 unspecified atom stereocenters. The molecule has 3 rings (SSSR count). The van der Waals surface area contributed by atoms with Gasteiger partial charge in [0.1, 0.15) is 0 Å². The molecule has 2 heterocycles. The first-order valence-corrected chi connectivity index (χ1v) is 6.63. The van der Waals surface area contributed by atoms with E-state index in [1.165, 1.54) is 10.5 Å². The molecule has 0 N–H and O–H groups in total. The van der Waals surface area contributed by atoms with E-state index in [2.05, 4.69) is 31.2 Å². The molecule has 0 aliphatic carbocycles. The fourth-order valence-electron chi connectivity index (χ4n) is 2.12. The van der Waals surface area contributed by atoms with Crippen LogP contribution >= 0.6 is 11.8 Å². The van der Waals surface area contributed by atoms with Crippen molar-refractivity contribution in [3.63, 3.8) is 0 Å². The number of Topliss-reactive ketones (excluding diaryl/α,β-unsaturated/α-hetero) is 1. The van der Waals surface area contributed by atoms with Gasteiger partial charge in [-0.2, -0.15) is 0 Å².